The van der Waals surface area contributed by atoms with E-state index in [0.29, 0.717) is 25.0 Å². The highest BCUT2D eigenvalue weighted by atomic mass is 32.2. The van der Waals surface area contributed by atoms with Crippen LogP contribution in [0.25, 0.3) is 0 Å². The Morgan fingerprint density at radius 2 is 1.66 bits per heavy atom. The Labute approximate surface area is 229 Å². The second-order valence-electron chi connectivity index (χ2n) is 9.72. The molecular formula is C30H38N2O5S. The summed E-state index contributed by atoms with van der Waals surface area (Å²) in [6, 6.07) is 19.1. The van der Waals surface area contributed by atoms with E-state index in [0.717, 1.165) is 11.3 Å². The topological polar surface area (TPSA) is 105 Å². The molecule has 0 fully saturated rings. The summed E-state index contributed by atoms with van der Waals surface area (Å²) in [6.45, 7) is 1.61. The highest BCUT2D eigenvalue weighted by Crippen LogP contribution is 2.20. The zero-order valence-electron chi connectivity index (χ0n) is 21.9. The number of allylic oxidation sites excluding steroid dienone is 2. The smallest absolute Gasteiger partial charge is 0.309 e. The van der Waals surface area contributed by atoms with Gasteiger partial charge in [-0.2, -0.15) is 11.8 Å². The van der Waals surface area contributed by atoms with Gasteiger partial charge in [0.15, 0.2) is 0 Å². The fourth-order valence-electron chi connectivity index (χ4n) is 4.21. The second kappa shape index (κ2) is 16.0. The fourth-order valence-corrected chi connectivity index (χ4v) is 5.22. The van der Waals surface area contributed by atoms with Crippen molar-refractivity contribution in [1.29, 1.82) is 0 Å². The second-order valence-corrected chi connectivity index (χ2v) is 10.7. The van der Waals surface area contributed by atoms with Gasteiger partial charge in [-0.05, 0) is 37.3 Å². The van der Waals surface area contributed by atoms with Crippen LogP contribution >= 0.6 is 11.8 Å². The number of cyclic esters (lactones) is 1. The van der Waals surface area contributed by atoms with Crippen LogP contribution in [-0.4, -0.2) is 53.9 Å². The average Bonchev–Trinajstić information content (AvgIpc) is 2.92. The van der Waals surface area contributed by atoms with Crippen LogP contribution in [0.15, 0.2) is 72.8 Å². The van der Waals surface area contributed by atoms with E-state index in [9.17, 15) is 19.5 Å². The SMILES string of the molecule is CC(CO)NC(=O)CC1CC=CCC(Cc2ccccc2)C(=O)OCC(CSCc2ccccc2)NC1=O. The van der Waals surface area contributed by atoms with Crippen molar-refractivity contribution in [3.63, 3.8) is 0 Å². The van der Waals surface area contributed by atoms with Gasteiger partial charge in [0.05, 0.1) is 24.5 Å². The molecule has 8 heteroatoms. The maximum absolute atomic E-state index is 13.2. The van der Waals surface area contributed by atoms with E-state index in [1.54, 1.807) is 18.7 Å². The summed E-state index contributed by atoms with van der Waals surface area (Å²) in [4.78, 5) is 38.8. The van der Waals surface area contributed by atoms with Gasteiger partial charge < -0.3 is 20.5 Å². The third-order valence-electron chi connectivity index (χ3n) is 6.35. The van der Waals surface area contributed by atoms with Crippen molar-refractivity contribution in [2.45, 2.75) is 50.4 Å². The molecule has 1 aliphatic rings. The van der Waals surface area contributed by atoms with E-state index in [2.05, 4.69) is 22.8 Å². The van der Waals surface area contributed by atoms with Crippen LogP contribution in [0.1, 0.15) is 37.3 Å². The Hall–Kier alpha value is -3.10. The number of carbonyl (C=O) groups excluding carboxylic acids is 3. The van der Waals surface area contributed by atoms with Gasteiger partial charge in [0, 0.05) is 24.0 Å². The van der Waals surface area contributed by atoms with Crippen molar-refractivity contribution < 1.29 is 24.2 Å². The van der Waals surface area contributed by atoms with Crippen LogP contribution in [0.5, 0.6) is 0 Å². The minimum atomic E-state index is -0.568. The summed E-state index contributed by atoms with van der Waals surface area (Å²) in [5.74, 6) is -0.381. The molecular weight excluding hydrogens is 500 g/mol. The first-order valence-corrected chi connectivity index (χ1v) is 14.3. The third-order valence-corrected chi connectivity index (χ3v) is 7.53. The largest absolute Gasteiger partial charge is 0.463 e. The first-order chi connectivity index (χ1) is 18.4. The number of amides is 2. The van der Waals surface area contributed by atoms with E-state index >= 15 is 0 Å². The molecule has 1 heterocycles. The highest BCUT2D eigenvalue weighted by molar-refractivity contribution is 7.98. The Bertz CT molecular complexity index is 1050. The van der Waals surface area contributed by atoms with Crippen molar-refractivity contribution in [2.24, 2.45) is 11.8 Å². The van der Waals surface area contributed by atoms with Gasteiger partial charge in [0.1, 0.15) is 6.61 Å². The molecule has 0 radical (unpaired) electrons. The molecule has 0 saturated carbocycles. The molecule has 2 aromatic rings. The Balaban J connectivity index is 1.72. The van der Waals surface area contributed by atoms with Gasteiger partial charge in [-0.1, -0.05) is 72.8 Å². The number of nitrogens with one attached hydrogen (secondary N) is 2. The number of aliphatic hydroxyl groups excluding tert-OH is 1. The number of hydrogen-bond acceptors (Lipinski definition) is 6. The van der Waals surface area contributed by atoms with Crippen LogP contribution in [0.3, 0.4) is 0 Å². The molecule has 0 aliphatic carbocycles. The predicted octanol–water partition coefficient (Wildman–Crippen LogP) is 3.66. The van der Waals surface area contributed by atoms with Crippen molar-refractivity contribution >= 4 is 29.5 Å². The summed E-state index contributed by atoms with van der Waals surface area (Å²) in [5.41, 5.74) is 2.24. The molecule has 7 nitrogen and oxygen atoms in total. The number of ether oxygens (including phenoxy) is 1. The van der Waals surface area contributed by atoms with Gasteiger partial charge in [0.2, 0.25) is 11.8 Å². The number of rotatable bonds is 10. The van der Waals surface area contributed by atoms with Gasteiger partial charge in [-0.3, -0.25) is 14.4 Å². The van der Waals surface area contributed by atoms with Crippen molar-refractivity contribution in [3.05, 3.63) is 83.9 Å². The van der Waals surface area contributed by atoms with Crippen molar-refractivity contribution in [2.75, 3.05) is 19.0 Å². The lowest BCUT2D eigenvalue weighted by molar-refractivity contribution is -0.149. The third kappa shape index (κ3) is 10.3. The molecule has 0 aromatic heterocycles. The molecule has 0 saturated heterocycles. The number of carbonyl (C=O) groups is 3. The summed E-state index contributed by atoms with van der Waals surface area (Å²) in [6.07, 6.45) is 5.22. The molecule has 3 N–H and O–H groups in total. The number of thioether (sulfide) groups is 1. The quantitative estimate of drug-likeness (QED) is 0.315. The molecule has 0 spiro atoms. The summed E-state index contributed by atoms with van der Waals surface area (Å²) >= 11 is 1.66. The number of aliphatic hydroxyl groups is 1. The minimum absolute atomic E-state index is 0.0115. The first kappa shape index (κ1) is 29.5. The molecule has 2 aromatic carbocycles. The number of benzene rings is 2. The highest BCUT2D eigenvalue weighted by Gasteiger charge is 2.27. The van der Waals surface area contributed by atoms with Crippen LogP contribution in [0, 0.1) is 11.8 Å². The van der Waals surface area contributed by atoms with E-state index in [1.807, 2.05) is 60.7 Å². The fraction of sp³-hybridized carbons (Fsp3) is 0.433. The normalized spacial score (nSPS) is 21.4. The lowest BCUT2D eigenvalue weighted by atomic mass is 9.94. The van der Waals surface area contributed by atoms with Gasteiger partial charge in [-0.15, -0.1) is 0 Å². The van der Waals surface area contributed by atoms with Crippen LogP contribution in [0.4, 0.5) is 0 Å². The molecule has 1 aliphatic heterocycles. The summed E-state index contributed by atoms with van der Waals surface area (Å²) < 4.78 is 5.74. The van der Waals surface area contributed by atoms with E-state index in [1.165, 1.54) is 5.56 Å². The van der Waals surface area contributed by atoms with Crippen LogP contribution in [-0.2, 0) is 31.3 Å². The van der Waals surface area contributed by atoms with E-state index < -0.39 is 5.92 Å². The van der Waals surface area contributed by atoms with Crippen LogP contribution in [0.2, 0.25) is 0 Å². The molecule has 204 valence electrons. The van der Waals surface area contributed by atoms with Gasteiger partial charge >= 0.3 is 5.97 Å². The lowest BCUT2D eigenvalue weighted by Crippen LogP contribution is -2.45. The predicted molar refractivity (Wildman–Crippen MR) is 150 cm³/mol. The maximum atomic E-state index is 13.2. The van der Waals surface area contributed by atoms with Crippen molar-refractivity contribution in [1.82, 2.24) is 10.6 Å². The molecule has 4 unspecified atom stereocenters. The Morgan fingerprint density at radius 3 is 2.32 bits per heavy atom. The average molecular weight is 539 g/mol. The lowest BCUT2D eigenvalue weighted by Gasteiger charge is -2.24. The zero-order chi connectivity index (χ0) is 27.2. The minimum Gasteiger partial charge on any atom is -0.463 e. The summed E-state index contributed by atoms with van der Waals surface area (Å²) in [7, 11) is 0. The zero-order valence-corrected chi connectivity index (χ0v) is 22.7. The van der Waals surface area contributed by atoms with Gasteiger partial charge in [0.25, 0.3) is 0 Å². The standard InChI is InChI=1S/C30H38N2O5S/c1-22(18-33)31-28(34)17-25-14-8-9-15-26(16-23-10-4-2-5-11-23)30(36)37-19-27(32-29(25)35)21-38-20-24-12-6-3-7-13-24/h2-13,22,25-27,33H,14-21H2,1H3,(H,31,34)(H,32,35). The molecule has 4 atom stereocenters. The summed E-state index contributed by atoms with van der Waals surface area (Å²) in [5, 5.41) is 15.0. The van der Waals surface area contributed by atoms with Crippen molar-refractivity contribution in [3.8, 4) is 0 Å². The molecule has 3 rings (SSSR count). The number of esters is 1. The molecule has 2 amide bonds. The van der Waals surface area contributed by atoms with Crippen LogP contribution < -0.4 is 10.6 Å². The van der Waals surface area contributed by atoms with Gasteiger partial charge in [-0.25, -0.2) is 0 Å². The molecule has 0 bridgehead atoms. The Kier molecular flexibility index (Phi) is 12.4. The van der Waals surface area contributed by atoms with E-state index in [-0.39, 0.29) is 55.4 Å². The monoisotopic (exact) mass is 538 g/mol. The first-order valence-electron chi connectivity index (χ1n) is 13.1. The maximum Gasteiger partial charge on any atom is 0.309 e. The number of hydrogen-bond donors (Lipinski definition) is 3. The Morgan fingerprint density at radius 1 is 1.03 bits per heavy atom. The molecule has 38 heavy (non-hydrogen) atoms. The van der Waals surface area contributed by atoms with E-state index in [4.69, 9.17) is 4.74 Å².